The van der Waals surface area contributed by atoms with Gasteiger partial charge in [-0.15, -0.1) is 0 Å². The summed E-state index contributed by atoms with van der Waals surface area (Å²) in [5.41, 5.74) is 0.982. The molecule has 0 atom stereocenters. The van der Waals surface area contributed by atoms with Crippen LogP contribution >= 0.6 is 0 Å². The first-order chi connectivity index (χ1) is 12.8. The van der Waals surface area contributed by atoms with E-state index < -0.39 is 0 Å². The highest BCUT2D eigenvalue weighted by atomic mass is 16.5. The van der Waals surface area contributed by atoms with E-state index in [0.717, 1.165) is 11.5 Å². The van der Waals surface area contributed by atoms with Gasteiger partial charge in [-0.3, -0.25) is 9.78 Å². The molecule has 0 bridgehead atoms. The number of rotatable bonds is 6. The summed E-state index contributed by atoms with van der Waals surface area (Å²) < 4.78 is 12.3. The van der Waals surface area contributed by atoms with Crippen LogP contribution in [0.1, 0.15) is 10.5 Å². The number of hydrogen-bond acceptors (Lipinski definition) is 6. The zero-order chi connectivity index (χ0) is 17.8. The molecule has 1 amide bonds. The fraction of sp³-hybridized carbons (Fsp3) is 0.111. The number of carbonyl (C=O) groups is 1. The van der Waals surface area contributed by atoms with Crippen LogP contribution in [0.25, 0.3) is 23.0 Å². The Morgan fingerprint density at radius 3 is 2.88 bits per heavy atom. The van der Waals surface area contributed by atoms with Gasteiger partial charge in [0.1, 0.15) is 5.69 Å². The Balaban J connectivity index is 1.37. The summed E-state index contributed by atoms with van der Waals surface area (Å²) in [5, 5.41) is 6.59. The van der Waals surface area contributed by atoms with Crippen LogP contribution in [0.5, 0.6) is 0 Å². The zero-order valence-electron chi connectivity index (χ0n) is 13.7. The fourth-order valence-electron chi connectivity index (χ4n) is 2.52. The van der Waals surface area contributed by atoms with Crippen molar-refractivity contribution in [2.75, 3.05) is 6.54 Å². The van der Waals surface area contributed by atoms with Gasteiger partial charge in [0, 0.05) is 37.7 Å². The Hall–Kier alpha value is -3.68. The molecule has 4 aromatic rings. The molecule has 8 heteroatoms. The molecule has 0 saturated heterocycles. The van der Waals surface area contributed by atoms with Crippen LogP contribution in [0, 0.1) is 0 Å². The summed E-state index contributed by atoms with van der Waals surface area (Å²) >= 11 is 0. The Morgan fingerprint density at radius 1 is 1.12 bits per heavy atom. The molecule has 0 aliphatic carbocycles. The molecule has 4 rings (SSSR count). The highest BCUT2D eigenvalue weighted by Gasteiger charge is 2.15. The molecule has 0 fully saturated rings. The van der Waals surface area contributed by atoms with Crippen LogP contribution < -0.4 is 5.32 Å². The Kier molecular flexibility index (Phi) is 4.29. The summed E-state index contributed by atoms with van der Waals surface area (Å²) in [6.45, 7) is 0.971. The van der Waals surface area contributed by atoms with Crippen LogP contribution in [0.4, 0.5) is 0 Å². The molecule has 0 aliphatic heterocycles. The van der Waals surface area contributed by atoms with Crippen molar-refractivity contribution in [2.24, 2.45) is 0 Å². The molecule has 0 radical (unpaired) electrons. The Bertz CT molecular complexity index is 989. The number of amides is 1. The molecular weight excluding hydrogens is 334 g/mol. The van der Waals surface area contributed by atoms with Gasteiger partial charge < -0.3 is 18.8 Å². The lowest BCUT2D eigenvalue weighted by molar-refractivity contribution is 0.0943. The molecule has 0 aromatic carbocycles. The standard InChI is InChI=1S/C18H15N5O3/c24-18(14-12-16(26-22-14)15-5-3-11-25-15)21-8-10-23-9-7-20-17(23)13-4-1-2-6-19-13/h1-7,9,11-12H,8,10H2,(H,21,24). The molecule has 1 N–H and O–H groups in total. The number of nitrogens with zero attached hydrogens (tertiary/aromatic N) is 4. The van der Waals surface area contributed by atoms with Crippen LogP contribution in [0.3, 0.4) is 0 Å². The predicted molar refractivity (Wildman–Crippen MR) is 92.0 cm³/mol. The molecule has 4 heterocycles. The average Bonchev–Trinajstić information content (AvgIpc) is 3.42. The molecule has 130 valence electrons. The van der Waals surface area contributed by atoms with E-state index in [1.165, 1.54) is 6.26 Å². The molecular formula is C18H15N5O3. The van der Waals surface area contributed by atoms with Gasteiger partial charge in [0.2, 0.25) is 5.76 Å². The third-order valence-corrected chi connectivity index (χ3v) is 3.75. The van der Waals surface area contributed by atoms with Gasteiger partial charge in [0.15, 0.2) is 17.3 Å². The summed E-state index contributed by atoms with van der Waals surface area (Å²) in [7, 11) is 0. The van der Waals surface area contributed by atoms with E-state index in [4.69, 9.17) is 8.94 Å². The summed E-state index contributed by atoms with van der Waals surface area (Å²) in [6.07, 6.45) is 6.81. The van der Waals surface area contributed by atoms with E-state index in [9.17, 15) is 4.79 Å². The van der Waals surface area contributed by atoms with Crippen molar-refractivity contribution in [3.8, 4) is 23.0 Å². The van der Waals surface area contributed by atoms with Gasteiger partial charge >= 0.3 is 0 Å². The predicted octanol–water partition coefficient (Wildman–Crippen LogP) is 2.62. The number of furan rings is 1. The van der Waals surface area contributed by atoms with Crippen LogP contribution in [-0.2, 0) is 6.54 Å². The third kappa shape index (κ3) is 3.25. The monoisotopic (exact) mass is 349 g/mol. The Labute approximate surface area is 148 Å². The smallest absolute Gasteiger partial charge is 0.273 e. The van der Waals surface area contributed by atoms with Crippen molar-refractivity contribution >= 4 is 5.91 Å². The lowest BCUT2D eigenvalue weighted by Crippen LogP contribution is -2.27. The van der Waals surface area contributed by atoms with Crippen LogP contribution in [0.15, 0.2) is 70.2 Å². The number of imidazole rings is 1. The second kappa shape index (κ2) is 7.06. The summed E-state index contributed by atoms with van der Waals surface area (Å²) in [6, 6.07) is 10.7. The number of pyridine rings is 1. The maximum Gasteiger partial charge on any atom is 0.273 e. The zero-order valence-corrected chi connectivity index (χ0v) is 13.7. The van der Waals surface area contributed by atoms with E-state index in [0.29, 0.717) is 24.6 Å². The molecule has 26 heavy (non-hydrogen) atoms. The van der Waals surface area contributed by atoms with Crippen molar-refractivity contribution < 1.29 is 13.7 Å². The lowest BCUT2D eigenvalue weighted by Gasteiger charge is -2.07. The van der Waals surface area contributed by atoms with Gasteiger partial charge in [-0.1, -0.05) is 11.2 Å². The second-order valence-corrected chi connectivity index (χ2v) is 5.47. The van der Waals surface area contributed by atoms with Gasteiger partial charge in [-0.2, -0.15) is 0 Å². The van der Waals surface area contributed by atoms with E-state index in [1.807, 2.05) is 29.0 Å². The molecule has 0 unspecified atom stereocenters. The molecule has 0 aliphatic rings. The second-order valence-electron chi connectivity index (χ2n) is 5.47. The minimum atomic E-state index is -0.314. The van der Waals surface area contributed by atoms with E-state index >= 15 is 0 Å². The van der Waals surface area contributed by atoms with Crippen molar-refractivity contribution in [1.82, 2.24) is 25.0 Å². The number of carbonyl (C=O) groups excluding carboxylic acids is 1. The third-order valence-electron chi connectivity index (χ3n) is 3.75. The molecule has 4 aromatic heterocycles. The quantitative estimate of drug-likeness (QED) is 0.574. The van der Waals surface area contributed by atoms with Gasteiger partial charge in [-0.05, 0) is 24.3 Å². The van der Waals surface area contributed by atoms with Crippen molar-refractivity contribution in [2.45, 2.75) is 6.54 Å². The minimum Gasteiger partial charge on any atom is -0.461 e. The normalized spacial score (nSPS) is 10.8. The highest BCUT2D eigenvalue weighted by Crippen LogP contribution is 2.20. The van der Waals surface area contributed by atoms with Gasteiger partial charge in [0.25, 0.3) is 5.91 Å². The van der Waals surface area contributed by atoms with E-state index in [1.54, 1.807) is 30.6 Å². The first-order valence-corrected chi connectivity index (χ1v) is 8.02. The number of aromatic nitrogens is 4. The summed E-state index contributed by atoms with van der Waals surface area (Å²) in [4.78, 5) is 20.8. The number of hydrogen-bond donors (Lipinski definition) is 1. The largest absolute Gasteiger partial charge is 0.461 e. The minimum absolute atomic E-state index is 0.201. The van der Waals surface area contributed by atoms with Crippen molar-refractivity contribution in [1.29, 1.82) is 0 Å². The molecule has 0 spiro atoms. The first kappa shape index (κ1) is 15.8. The first-order valence-electron chi connectivity index (χ1n) is 8.02. The van der Waals surface area contributed by atoms with E-state index in [-0.39, 0.29) is 11.6 Å². The van der Waals surface area contributed by atoms with Crippen LogP contribution in [0.2, 0.25) is 0 Å². The van der Waals surface area contributed by atoms with Crippen molar-refractivity contribution in [3.63, 3.8) is 0 Å². The van der Waals surface area contributed by atoms with E-state index in [2.05, 4.69) is 20.4 Å². The number of nitrogens with one attached hydrogen (secondary N) is 1. The Morgan fingerprint density at radius 2 is 2.08 bits per heavy atom. The fourth-order valence-corrected chi connectivity index (χ4v) is 2.52. The topological polar surface area (TPSA) is 99.0 Å². The average molecular weight is 349 g/mol. The SMILES string of the molecule is O=C(NCCn1ccnc1-c1ccccn1)c1cc(-c2ccco2)on1. The molecule has 0 saturated carbocycles. The maximum absolute atomic E-state index is 12.2. The van der Waals surface area contributed by atoms with Gasteiger partial charge in [0.05, 0.1) is 6.26 Å². The maximum atomic E-state index is 12.2. The van der Waals surface area contributed by atoms with Crippen molar-refractivity contribution in [3.05, 3.63) is 66.9 Å². The van der Waals surface area contributed by atoms with Gasteiger partial charge in [-0.25, -0.2) is 4.98 Å². The lowest BCUT2D eigenvalue weighted by atomic mass is 10.3. The summed E-state index contributed by atoms with van der Waals surface area (Å²) in [5.74, 6) is 1.37. The molecule has 8 nitrogen and oxygen atoms in total. The van der Waals surface area contributed by atoms with Crippen LogP contribution in [-0.4, -0.2) is 32.1 Å². The highest BCUT2D eigenvalue weighted by molar-refractivity contribution is 5.92.